The highest BCUT2D eigenvalue weighted by molar-refractivity contribution is 5.95. The van der Waals surface area contributed by atoms with Crippen LogP contribution in [0.15, 0.2) is 12.4 Å². The minimum atomic E-state index is -1.14. The number of aromatic nitrogens is 5. The Bertz CT molecular complexity index is 810. The quantitative estimate of drug-likeness (QED) is 0.898. The summed E-state index contributed by atoms with van der Waals surface area (Å²) < 4.78 is 3.68. The first-order chi connectivity index (χ1) is 12.5. The lowest BCUT2D eigenvalue weighted by molar-refractivity contribution is -0.0321. The predicted molar refractivity (Wildman–Crippen MR) is 94.6 cm³/mol. The number of aryl methyl sites for hydroxylation is 1. The van der Waals surface area contributed by atoms with Gasteiger partial charge in [-0.15, -0.1) is 5.10 Å². The van der Waals surface area contributed by atoms with Crippen molar-refractivity contribution in [2.24, 2.45) is 0 Å². The lowest BCUT2D eigenvalue weighted by atomic mass is 9.89. The molecule has 4 heterocycles. The molecule has 4 rings (SSSR count). The van der Waals surface area contributed by atoms with Gasteiger partial charge in [0, 0.05) is 19.1 Å². The number of carbonyl (C=O) groups excluding carboxylic acids is 1. The molecule has 0 aromatic carbocycles. The van der Waals surface area contributed by atoms with E-state index >= 15 is 0 Å². The molecule has 1 N–H and O–H groups in total. The van der Waals surface area contributed by atoms with Crippen LogP contribution in [0.3, 0.4) is 0 Å². The number of aliphatic hydroxyl groups is 1. The van der Waals surface area contributed by atoms with Crippen molar-refractivity contribution in [3.8, 4) is 0 Å². The highest BCUT2D eigenvalue weighted by Crippen LogP contribution is 2.32. The van der Waals surface area contributed by atoms with E-state index in [1.807, 2.05) is 18.5 Å². The molecule has 2 aliphatic rings. The van der Waals surface area contributed by atoms with E-state index in [2.05, 4.69) is 15.4 Å². The van der Waals surface area contributed by atoms with E-state index in [4.69, 9.17) is 0 Å². The third-order valence-corrected chi connectivity index (χ3v) is 5.49. The summed E-state index contributed by atoms with van der Waals surface area (Å²) in [4.78, 5) is 14.8. The smallest absolute Gasteiger partial charge is 0.257 e. The number of carbonyl (C=O) groups is 1. The molecule has 140 valence electrons. The predicted octanol–water partition coefficient (Wildman–Crippen LogP) is 1.52. The second-order valence-electron chi connectivity index (χ2n) is 7.72. The van der Waals surface area contributed by atoms with E-state index in [9.17, 15) is 9.90 Å². The number of rotatable bonds is 3. The van der Waals surface area contributed by atoms with Crippen LogP contribution in [0.25, 0.3) is 0 Å². The van der Waals surface area contributed by atoms with Gasteiger partial charge in [-0.1, -0.05) is 5.21 Å². The Hall–Kier alpha value is -2.22. The zero-order valence-corrected chi connectivity index (χ0v) is 15.4. The topological polar surface area (TPSA) is 89.1 Å². The van der Waals surface area contributed by atoms with Crippen LogP contribution in [0.4, 0.5) is 0 Å². The first-order valence-electron chi connectivity index (χ1n) is 9.46. The Balaban J connectivity index is 1.56. The molecule has 8 heteroatoms. The van der Waals surface area contributed by atoms with Crippen LogP contribution in [-0.2, 0) is 18.6 Å². The fourth-order valence-electron chi connectivity index (χ4n) is 3.93. The second-order valence-corrected chi connectivity index (χ2v) is 7.72. The maximum Gasteiger partial charge on any atom is 0.257 e. The third-order valence-electron chi connectivity index (χ3n) is 5.49. The Morgan fingerprint density at radius 1 is 1.27 bits per heavy atom. The van der Waals surface area contributed by atoms with Gasteiger partial charge in [0.2, 0.25) is 0 Å². The zero-order valence-electron chi connectivity index (χ0n) is 15.4. The van der Waals surface area contributed by atoms with Crippen LogP contribution in [-0.4, -0.2) is 53.8 Å². The van der Waals surface area contributed by atoms with Gasteiger partial charge in [-0.05, 0) is 46.0 Å². The summed E-state index contributed by atoms with van der Waals surface area (Å²) in [5.41, 5.74) is 1.11. The second kappa shape index (κ2) is 6.50. The van der Waals surface area contributed by atoms with Crippen LogP contribution >= 0.6 is 0 Å². The largest absolute Gasteiger partial charge is 0.382 e. The van der Waals surface area contributed by atoms with E-state index in [0.29, 0.717) is 24.2 Å². The lowest BCUT2D eigenvalue weighted by Gasteiger charge is -2.38. The molecule has 0 unspecified atom stereocenters. The van der Waals surface area contributed by atoms with Crippen molar-refractivity contribution in [2.45, 2.75) is 64.1 Å². The number of hydrogen-bond donors (Lipinski definition) is 1. The normalized spacial score (nSPS) is 23.3. The Morgan fingerprint density at radius 3 is 2.88 bits per heavy atom. The summed E-state index contributed by atoms with van der Waals surface area (Å²) in [5.74, 6) is -0.0393. The molecule has 26 heavy (non-hydrogen) atoms. The number of fused-ring (bicyclic) bond motifs is 1. The molecule has 0 bridgehead atoms. The number of β-amino-alcohol motifs (C(OH)–C–C–N with tert-alkyl or cyclic N) is 1. The summed E-state index contributed by atoms with van der Waals surface area (Å²) in [5, 5.41) is 23.8. The van der Waals surface area contributed by atoms with Crippen LogP contribution in [0, 0.1) is 0 Å². The van der Waals surface area contributed by atoms with Crippen LogP contribution in [0.2, 0.25) is 0 Å². The van der Waals surface area contributed by atoms with Crippen molar-refractivity contribution in [3.63, 3.8) is 0 Å². The molecule has 1 saturated heterocycles. The summed E-state index contributed by atoms with van der Waals surface area (Å²) in [6.45, 7) is 5.80. The maximum atomic E-state index is 13.1. The minimum Gasteiger partial charge on any atom is -0.382 e. The van der Waals surface area contributed by atoms with Crippen molar-refractivity contribution < 1.29 is 9.90 Å². The fraction of sp³-hybridized carbons (Fsp3) is 0.667. The van der Waals surface area contributed by atoms with Gasteiger partial charge < -0.3 is 10.0 Å². The standard InChI is InChI=1S/C18H26N6O2/c1-13(2)24-11-16(20-21-24)18(26)7-5-8-22(12-18)17(25)14-10-19-23-9-4-3-6-15(14)23/h10-11,13,26H,3-9,12H2,1-2H3/t18-/m0/s1. The van der Waals surface area contributed by atoms with Gasteiger partial charge in [0.1, 0.15) is 11.3 Å². The average molecular weight is 358 g/mol. The molecule has 0 saturated carbocycles. The minimum absolute atomic E-state index is 0.0393. The number of piperidine rings is 1. The summed E-state index contributed by atoms with van der Waals surface area (Å²) >= 11 is 0. The highest BCUT2D eigenvalue weighted by Gasteiger charge is 2.40. The van der Waals surface area contributed by atoms with E-state index in [1.54, 1.807) is 22.0 Å². The Labute approximate surface area is 152 Å². The van der Waals surface area contributed by atoms with Crippen molar-refractivity contribution in [2.75, 3.05) is 13.1 Å². The van der Waals surface area contributed by atoms with E-state index < -0.39 is 5.60 Å². The van der Waals surface area contributed by atoms with Crippen molar-refractivity contribution in [1.29, 1.82) is 0 Å². The number of amides is 1. The van der Waals surface area contributed by atoms with Gasteiger partial charge in [0.15, 0.2) is 0 Å². The zero-order chi connectivity index (χ0) is 18.3. The average Bonchev–Trinajstić information content (AvgIpc) is 3.29. The number of hydrogen-bond acceptors (Lipinski definition) is 5. The molecular weight excluding hydrogens is 332 g/mol. The first-order valence-corrected chi connectivity index (χ1v) is 9.46. The number of nitrogens with zero attached hydrogens (tertiary/aromatic N) is 6. The molecule has 0 radical (unpaired) electrons. The van der Waals surface area contributed by atoms with Crippen molar-refractivity contribution >= 4 is 5.91 Å². The third kappa shape index (κ3) is 2.92. The van der Waals surface area contributed by atoms with Crippen LogP contribution in [0.1, 0.15) is 67.3 Å². The summed E-state index contributed by atoms with van der Waals surface area (Å²) in [7, 11) is 0. The maximum absolute atomic E-state index is 13.1. The van der Waals surface area contributed by atoms with Gasteiger partial charge in [-0.3, -0.25) is 9.48 Å². The van der Waals surface area contributed by atoms with E-state index in [-0.39, 0.29) is 18.5 Å². The number of likely N-dealkylation sites (tertiary alicyclic amines) is 1. The van der Waals surface area contributed by atoms with Crippen molar-refractivity contribution in [1.82, 2.24) is 29.7 Å². The van der Waals surface area contributed by atoms with Gasteiger partial charge >= 0.3 is 0 Å². The van der Waals surface area contributed by atoms with Gasteiger partial charge in [-0.25, -0.2) is 4.68 Å². The van der Waals surface area contributed by atoms with Crippen LogP contribution < -0.4 is 0 Å². The van der Waals surface area contributed by atoms with Crippen LogP contribution in [0.5, 0.6) is 0 Å². The fourth-order valence-corrected chi connectivity index (χ4v) is 3.93. The molecule has 1 atom stereocenters. The molecule has 2 aromatic heterocycles. The molecule has 1 fully saturated rings. The molecule has 1 amide bonds. The summed E-state index contributed by atoms with van der Waals surface area (Å²) in [6, 6.07) is 0.181. The summed E-state index contributed by atoms with van der Waals surface area (Å²) in [6.07, 6.45) is 7.89. The van der Waals surface area contributed by atoms with Gasteiger partial charge in [-0.2, -0.15) is 5.10 Å². The SMILES string of the molecule is CC(C)n1cc([C@]2(O)CCCN(C(=O)c3cnn4c3CCCC4)C2)nn1. The molecular formula is C18H26N6O2. The molecule has 0 spiro atoms. The van der Waals surface area contributed by atoms with Gasteiger partial charge in [0.05, 0.1) is 30.2 Å². The van der Waals surface area contributed by atoms with Crippen molar-refractivity contribution in [3.05, 3.63) is 29.3 Å². The highest BCUT2D eigenvalue weighted by atomic mass is 16.3. The monoisotopic (exact) mass is 358 g/mol. The molecule has 0 aliphatic carbocycles. The Kier molecular flexibility index (Phi) is 4.30. The molecule has 2 aliphatic heterocycles. The Morgan fingerprint density at radius 2 is 2.12 bits per heavy atom. The van der Waals surface area contributed by atoms with E-state index in [0.717, 1.165) is 37.9 Å². The first kappa shape index (κ1) is 17.2. The van der Waals surface area contributed by atoms with E-state index in [1.165, 1.54) is 0 Å². The molecule has 2 aromatic rings. The molecule has 8 nitrogen and oxygen atoms in total. The lowest BCUT2D eigenvalue weighted by Crippen LogP contribution is -2.49. The van der Waals surface area contributed by atoms with Gasteiger partial charge in [0.25, 0.3) is 5.91 Å².